The molecule has 4 saturated carbocycles. The Bertz CT molecular complexity index is 708. The number of ether oxygens (including phenoxy) is 1. The summed E-state index contributed by atoms with van der Waals surface area (Å²) in [4.78, 5) is 0. The van der Waals surface area contributed by atoms with Crippen molar-refractivity contribution in [2.75, 3.05) is 13.7 Å². The Balaban J connectivity index is 1.51. The molecule has 4 fully saturated rings. The molecule has 0 amide bonds. The van der Waals surface area contributed by atoms with Gasteiger partial charge in [-0.1, -0.05) is 39.8 Å². The quantitative estimate of drug-likeness (QED) is 0.304. The second kappa shape index (κ2) is 8.52. The maximum Gasteiger partial charge on any atom is 0.192 e. The zero-order valence-electron chi connectivity index (χ0n) is 22.6. The molecule has 3 heteroatoms. The van der Waals surface area contributed by atoms with Gasteiger partial charge in [0, 0.05) is 7.11 Å². The highest BCUT2D eigenvalue weighted by atomic mass is 28.4. The fourth-order valence-corrected chi connectivity index (χ4v) is 10.6. The van der Waals surface area contributed by atoms with Gasteiger partial charge in [0.2, 0.25) is 0 Å². The van der Waals surface area contributed by atoms with Gasteiger partial charge in [0.1, 0.15) is 0 Å². The number of hydrogen-bond acceptors (Lipinski definition) is 2. The van der Waals surface area contributed by atoms with Gasteiger partial charge in [-0.15, -0.1) is 0 Å². The van der Waals surface area contributed by atoms with E-state index in [4.69, 9.17) is 9.16 Å². The first kappa shape index (κ1) is 25.0. The minimum Gasteiger partial charge on any atom is -0.409 e. The lowest BCUT2D eigenvalue weighted by atomic mass is 9.49. The molecule has 4 aliphatic rings. The number of hydrogen-bond donors (Lipinski definition) is 0. The zero-order valence-corrected chi connectivity index (χ0v) is 23.6. The average molecular weight is 461 g/mol. The molecule has 0 bridgehead atoms. The Labute approximate surface area is 200 Å². The van der Waals surface area contributed by atoms with Crippen LogP contribution in [0.25, 0.3) is 0 Å². The fraction of sp³-hybridized carbons (Fsp3) is 0.931. The highest BCUT2D eigenvalue weighted by Crippen LogP contribution is 2.65. The van der Waals surface area contributed by atoms with Crippen LogP contribution in [0.1, 0.15) is 92.4 Å². The topological polar surface area (TPSA) is 18.5 Å². The molecule has 184 valence electrons. The summed E-state index contributed by atoms with van der Waals surface area (Å²) in [5.41, 5.74) is 1.93. The van der Waals surface area contributed by atoms with Crippen LogP contribution in [-0.4, -0.2) is 27.6 Å². The summed E-state index contributed by atoms with van der Waals surface area (Å²) < 4.78 is 13.0. The zero-order chi connectivity index (χ0) is 23.5. The summed E-state index contributed by atoms with van der Waals surface area (Å²) in [5, 5.41) is 0.248. The molecule has 0 spiro atoms. The van der Waals surface area contributed by atoms with E-state index in [1.54, 1.807) is 0 Å². The van der Waals surface area contributed by atoms with E-state index in [0.717, 1.165) is 42.1 Å². The monoisotopic (exact) mass is 460 g/mol. The molecule has 0 saturated heterocycles. The van der Waals surface area contributed by atoms with E-state index in [9.17, 15) is 0 Å². The molecule has 0 radical (unpaired) electrons. The minimum atomic E-state index is -1.83. The highest BCUT2D eigenvalue weighted by Gasteiger charge is 2.58. The molecular weight excluding hydrogens is 408 g/mol. The molecule has 0 N–H and O–H groups in total. The van der Waals surface area contributed by atoms with Gasteiger partial charge in [-0.2, -0.15) is 0 Å². The number of methoxy groups -OCH3 is 1. The van der Waals surface area contributed by atoms with Crippen molar-refractivity contribution in [2.24, 2.45) is 40.9 Å². The van der Waals surface area contributed by atoms with Crippen molar-refractivity contribution in [3.05, 3.63) is 12.2 Å². The Morgan fingerprint density at radius 3 is 2.28 bits per heavy atom. The predicted molar refractivity (Wildman–Crippen MR) is 138 cm³/mol. The summed E-state index contributed by atoms with van der Waals surface area (Å²) >= 11 is 0. The second-order valence-corrected chi connectivity index (χ2v) is 18.9. The minimum absolute atomic E-state index is 0.0483. The SMILES string of the molecule is C=C(C)[C@H]1CC[C@H]2[C@@H]3CC[C@@H]4CC(COC)(O[Si](C)(C)C(C)(C)C)CC[C@@H]4[C@H]3CC[C@]12C. The summed E-state index contributed by atoms with van der Waals surface area (Å²) in [6.45, 7) is 22.1. The van der Waals surface area contributed by atoms with E-state index in [2.05, 4.69) is 54.3 Å². The van der Waals surface area contributed by atoms with Crippen molar-refractivity contribution in [2.45, 2.75) is 116 Å². The van der Waals surface area contributed by atoms with Crippen LogP contribution < -0.4 is 0 Å². The lowest BCUT2D eigenvalue weighted by molar-refractivity contribution is -0.117. The molecule has 0 heterocycles. The molecule has 32 heavy (non-hydrogen) atoms. The molecule has 1 unspecified atom stereocenters. The molecule has 0 aromatic rings. The summed E-state index contributed by atoms with van der Waals surface area (Å²) in [5.74, 6) is 5.41. The Kier molecular flexibility index (Phi) is 6.65. The van der Waals surface area contributed by atoms with Crippen LogP contribution in [0.3, 0.4) is 0 Å². The normalized spacial score (nSPS) is 44.5. The molecule has 8 atom stereocenters. The number of allylic oxidation sites excluding steroid dienone is 1. The third-order valence-electron chi connectivity index (χ3n) is 11.4. The lowest BCUT2D eigenvalue weighted by Crippen LogP contribution is -2.57. The van der Waals surface area contributed by atoms with Crippen LogP contribution in [0.15, 0.2) is 12.2 Å². The third-order valence-corrected chi connectivity index (χ3v) is 15.9. The van der Waals surface area contributed by atoms with Crippen molar-refractivity contribution in [1.29, 1.82) is 0 Å². The van der Waals surface area contributed by atoms with E-state index in [1.165, 1.54) is 63.4 Å². The van der Waals surface area contributed by atoms with Crippen molar-refractivity contribution in [3.63, 3.8) is 0 Å². The van der Waals surface area contributed by atoms with Gasteiger partial charge in [0.15, 0.2) is 8.32 Å². The standard InChI is InChI=1S/C29H52O2Si/c1-20(2)25-12-13-26-24-11-10-21-18-29(19-30-7,31-32(8,9)27(3,4)5)17-15-22(21)23(24)14-16-28(25,26)6/h21-26H,1,10-19H2,2-9H3/t21-,22+,23-,24-,25-,26+,28-,29?/m1/s1. The second-order valence-electron chi connectivity index (χ2n) is 14.2. The van der Waals surface area contributed by atoms with Gasteiger partial charge < -0.3 is 9.16 Å². The highest BCUT2D eigenvalue weighted by molar-refractivity contribution is 6.74. The number of fused-ring (bicyclic) bond motifs is 5. The Morgan fingerprint density at radius 1 is 0.969 bits per heavy atom. The van der Waals surface area contributed by atoms with E-state index >= 15 is 0 Å². The van der Waals surface area contributed by atoms with Crippen molar-refractivity contribution >= 4 is 8.32 Å². The van der Waals surface area contributed by atoms with Gasteiger partial charge in [0.25, 0.3) is 0 Å². The van der Waals surface area contributed by atoms with Crippen LogP contribution >= 0.6 is 0 Å². The van der Waals surface area contributed by atoms with Gasteiger partial charge >= 0.3 is 0 Å². The predicted octanol–water partition coefficient (Wildman–Crippen LogP) is 8.24. The molecule has 4 rings (SSSR count). The Morgan fingerprint density at radius 2 is 1.66 bits per heavy atom. The molecular formula is C29H52O2Si. The van der Waals surface area contributed by atoms with Gasteiger partial charge in [-0.3, -0.25) is 0 Å². The van der Waals surface area contributed by atoms with E-state index in [1.807, 2.05) is 7.11 Å². The van der Waals surface area contributed by atoms with Crippen molar-refractivity contribution < 1.29 is 9.16 Å². The summed E-state index contributed by atoms with van der Waals surface area (Å²) in [6, 6.07) is 0. The van der Waals surface area contributed by atoms with Crippen LogP contribution in [0.4, 0.5) is 0 Å². The van der Waals surface area contributed by atoms with E-state index in [-0.39, 0.29) is 10.6 Å². The van der Waals surface area contributed by atoms with Gasteiger partial charge in [-0.05, 0) is 124 Å². The maximum absolute atomic E-state index is 7.19. The largest absolute Gasteiger partial charge is 0.409 e. The maximum atomic E-state index is 7.19. The molecule has 0 aliphatic heterocycles. The number of rotatable bonds is 5. The molecule has 0 aromatic heterocycles. The third kappa shape index (κ3) is 4.11. The average Bonchev–Trinajstić information content (AvgIpc) is 3.04. The first-order chi connectivity index (χ1) is 14.8. The van der Waals surface area contributed by atoms with E-state index in [0.29, 0.717) is 5.41 Å². The van der Waals surface area contributed by atoms with E-state index < -0.39 is 8.32 Å². The van der Waals surface area contributed by atoms with Gasteiger partial charge in [0.05, 0.1) is 12.2 Å². The first-order valence-electron chi connectivity index (χ1n) is 13.7. The summed E-state index contributed by atoms with van der Waals surface area (Å²) in [6.07, 6.45) is 12.4. The van der Waals surface area contributed by atoms with Crippen LogP contribution in [0.2, 0.25) is 18.1 Å². The Hall–Kier alpha value is -0.123. The smallest absolute Gasteiger partial charge is 0.192 e. The molecule has 0 aromatic carbocycles. The lowest BCUT2D eigenvalue weighted by Gasteiger charge is -2.58. The van der Waals surface area contributed by atoms with Crippen LogP contribution in [0.5, 0.6) is 0 Å². The van der Waals surface area contributed by atoms with Crippen LogP contribution in [-0.2, 0) is 9.16 Å². The van der Waals surface area contributed by atoms with Crippen molar-refractivity contribution in [3.8, 4) is 0 Å². The van der Waals surface area contributed by atoms with Crippen molar-refractivity contribution in [1.82, 2.24) is 0 Å². The fourth-order valence-electron chi connectivity index (χ4n) is 8.97. The molecule has 4 aliphatic carbocycles. The molecule has 2 nitrogen and oxygen atoms in total. The first-order valence-corrected chi connectivity index (χ1v) is 16.6. The van der Waals surface area contributed by atoms with Gasteiger partial charge in [-0.25, -0.2) is 0 Å². The van der Waals surface area contributed by atoms with Crippen LogP contribution in [0, 0.1) is 40.9 Å². The summed E-state index contributed by atoms with van der Waals surface area (Å²) in [7, 11) is 0.0475.